The van der Waals surface area contributed by atoms with E-state index in [0.29, 0.717) is 17.3 Å². The molecule has 2 atom stereocenters. The first kappa shape index (κ1) is 18.4. The number of nitrogens with two attached hydrogens (primary N) is 1. The Morgan fingerprint density at radius 3 is 3.00 bits per heavy atom. The smallest absolute Gasteiger partial charge is 0.177 e. The Bertz CT molecular complexity index is 1000. The lowest BCUT2D eigenvalue weighted by Gasteiger charge is -2.27. The van der Waals surface area contributed by atoms with Gasteiger partial charge in [0.15, 0.2) is 5.58 Å². The molecule has 3 heterocycles. The van der Waals surface area contributed by atoms with Gasteiger partial charge in [0.2, 0.25) is 0 Å². The first-order chi connectivity index (χ1) is 13.2. The number of nitrogens with one attached hydrogen (secondary N) is 1. The van der Waals surface area contributed by atoms with E-state index >= 15 is 0 Å². The predicted molar refractivity (Wildman–Crippen MR) is 112 cm³/mol. The van der Waals surface area contributed by atoms with Gasteiger partial charge in [0.05, 0.1) is 11.3 Å². The summed E-state index contributed by atoms with van der Waals surface area (Å²) in [4.78, 5) is 5.77. The Kier molecular flexibility index (Phi) is 5.40. The van der Waals surface area contributed by atoms with Crippen LogP contribution in [-0.2, 0) is 6.54 Å². The maximum absolute atomic E-state index is 6.42. The lowest BCUT2D eigenvalue weighted by atomic mass is 9.82. The number of pyridine rings is 1. The van der Waals surface area contributed by atoms with Gasteiger partial charge in [-0.25, -0.2) is 4.98 Å². The van der Waals surface area contributed by atoms with E-state index in [-0.39, 0.29) is 12.0 Å². The molecule has 0 spiro atoms. The monoisotopic (exact) mass is 399 g/mol. The average molecular weight is 400 g/mol. The van der Waals surface area contributed by atoms with Crippen LogP contribution in [0.25, 0.3) is 11.1 Å². The third kappa shape index (κ3) is 3.70. The number of thiophene rings is 1. The molecule has 1 aliphatic rings. The first-order valence-corrected chi connectivity index (χ1v) is 10.5. The average Bonchev–Trinajstić information content (AvgIpc) is 3.29. The molecule has 0 amide bonds. The SMILES string of the molecule is CC#Cc1c([C@H]2CCCC[C@@H]2N)oc2c(NCc3cccs3)cc(Cl)nc12. The van der Waals surface area contributed by atoms with Gasteiger partial charge in [0.1, 0.15) is 16.4 Å². The van der Waals surface area contributed by atoms with Crippen LogP contribution in [-0.4, -0.2) is 11.0 Å². The summed E-state index contributed by atoms with van der Waals surface area (Å²) < 4.78 is 6.35. The number of rotatable bonds is 4. The van der Waals surface area contributed by atoms with Crippen LogP contribution in [0.1, 0.15) is 54.7 Å². The minimum atomic E-state index is 0.0923. The number of hydrogen-bond donors (Lipinski definition) is 2. The molecular formula is C21H22ClN3OS. The van der Waals surface area contributed by atoms with Crippen LogP contribution in [0.2, 0.25) is 5.15 Å². The van der Waals surface area contributed by atoms with Crippen LogP contribution in [0.15, 0.2) is 28.0 Å². The van der Waals surface area contributed by atoms with Gasteiger partial charge in [-0.1, -0.05) is 36.4 Å². The molecule has 0 bridgehead atoms. The molecule has 1 aliphatic carbocycles. The highest BCUT2D eigenvalue weighted by molar-refractivity contribution is 7.09. The van der Waals surface area contributed by atoms with E-state index in [2.05, 4.69) is 33.6 Å². The topological polar surface area (TPSA) is 64.1 Å². The minimum Gasteiger partial charge on any atom is -0.455 e. The number of aromatic nitrogens is 1. The van der Waals surface area contributed by atoms with Gasteiger partial charge in [-0.2, -0.15) is 0 Å². The van der Waals surface area contributed by atoms with E-state index in [9.17, 15) is 0 Å². The molecule has 0 aromatic carbocycles. The third-order valence-corrected chi connectivity index (χ3v) is 6.15. The highest BCUT2D eigenvalue weighted by Crippen LogP contribution is 2.40. The van der Waals surface area contributed by atoms with Crippen molar-refractivity contribution in [1.29, 1.82) is 0 Å². The number of furan rings is 1. The van der Waals surface area contributed by atoms with Crippen molar-refractivity contribution in [2.75, 3.05) is 5.32 Å². The Morgan fingerprint density at radius 2 is 2.26 bits per heavy atom. The Labute approximate surface area is 168 Å². The number of halogens is 1. The molecule has 140 valence electrons. The molecule has 0 aliphatic heterocycles. The van der Waals surface area contributed by atoms with Crippen molar-refractivity contribution in [2.45, 2.75) is 51.1 Å². The van der Waals surface area contributed by atoms with Crippen LogP contribution in [0.5, 0.6) is 0 Å². The van der Waals surface area contributed by atoms with Crippen molar-refractivity contribution in [3.63, 3.8) is 0 Å². The lowest BCUT2D eigenvalue weighted by molar-refractivity contribution is 0.341. The van der Waals surface area contributed by atoms with Gasteiger partial charge in [-0.3, -0.25) is 0 Å². The van der Waals surface area contributed by atoms with E-state index < -0.39 is 0 Å². The van der Waals surface area contributed by atoms with Crippen molar-refractivity contribution in [3.05, 3.63) is 44.9 Å². The molecule has 0 unspecified atom stereocenters. The molecule has 4 rings (SSSR count). The number of hydrogen-bond acceptors (Lipinski definition) is 5. The molecule has 0 radical (unpaired) electrons. The second-order valence-corrected chi connectivity index (χ2v) is 8.29. The molecule has 4 nitrogen and oxygen atoms in total. The molecule has 3 aromatic heterocycles. The van der Waals surface area contributed by atoms with Crippen LogP contribution >= 0.6 is 22.9 Å². The summed E-state index contributed by atoms with van der Waals surface area (Å²) in [7, 11) is 0. The van der Waals surface area contributed by atoms with Crippen molar-refractivity contribution in [2.24, 2.45) is 5.73 Å². The zero-order valence-electron chi connectivity index (χ0n) is 15.2. The summed E-state index contributed by atoms with van der Waals surface area (Å²) in [6.07, 6.45) is 4.36. The molecule has 3 N–H and O–H groups in total. The van der Waals surface area contributed by atoms with Gasteiger partial charge in [0.25, 0.3) is 0 Å². The standard InChI is InChI=1S/C21H22ClN3OS/c1-2-6-15-19-21(26-20(15)14-8-3-4-9-16(14)23)17(11-18(22)25-19)24-12-13-7-5-10-27-13/h5,7,10-11,14,16H,3-4,8-9,12,23H2,1H3,(H,24,25)/t14-,16-/m0/s1. The maximum atomic E-state index is 6.42. The zero-order valence-corrected chi connectivity index (χ0v) is 16.8. The predicted octanol–water partition coefficient (Wildman–Crippen LogP) is 5.51. The summed E-state index contributed by atoms with van der Waals surface area (Å²) in [5.74, 6) is 7.23. The highest BCUT2D eigenvalue weighted by Gasteiger charge is 2.30. The fourth-order valence-electron chi connectivity index (χ4n) is 3.77. The van der Waals surface area contributed by atoms with Gasteiger partial charge in [-0.15, -0.1) is 17.3 Å². The minimum absolute atomic E-state index is 0.0923. The summed E-state index contributed by atoms with van der Waals surface area (Å²) in [6.45, 7) is 2.53. The second-order valence-electron chi connectivity index (χ2n) is 6.87. The fraction of sp³-hybridized carbons (Fsp3) is 0.381. The maximum Gasteiger partial charge on any atom is 0.177 e. The normalized spacial score (nSPS) is 19.7. The Balaban J connectivity index is 1.80. The van der Waals surface area contributed by atoms with Crippen molar-refractivity contribution in [1.82, 2.24) is 4.98 Å². The first-order valence-electron chi connectivity index (χ1n) is 9.25. The lowest BCUT2D eigenvalue weighted by Crippen LogP contribution is -2.31. The van der Waals surface area contributed by atoms with Crippen LogP contribution in [0.4, 0.5) is 5.69 Å². The van der Waals surface area contributed by atoms with Crippen LogP contribution < -0.4 is 11.1 Å². The number of nitrogens with zero attached hydrogens (tertiary/aromatic N) is 1. The highest BCUT2D eigenvalue weighted by atomic mass is 35.5. The molecule has 3 aromatic rings. The Hall–Kier alpha value is -2.00. The zero-order chi connectivity index (χ0) is 18.8. The summed E-state index contributed by atoms with van der Waals surface area (Å²) in [5.41, 5.74) is 9.52. The molecular weight excluding hydrogens is 378 g/mol. The van der Waals surface area contributed by atoms with E-state index in [1.54, 1.807) is 11.3 Å². The van der Waals surface area contributed by atoms with Crippen molar-refractivity contribution >= 4 is 39.7 Å². The van der Waals surface area contributed by atoms with Crippen molar-refractivity contribution in [3.8, 4) is 11.8 Å². The summed E-state index contributed by atoms with van der Waals surface area (Å²) in [5, 5.41) is 5.93. The van der Waals surface area contributed by atoms with E-state index in [0.717, 1.165) is 41.8 Å². The largest absolute Gasteiger partial charge is 0.455 e. The summed E-state index contributed by atoms with van der Waals surface area (Å²) >= 11 is 8.03. The van der Waals surface area contributed by atoms with E-state index in [4.69, 9.17) is 21.8 Å². The molecule has 1 fully saturated rings. The Morgan fingerprint density at radius 1 is 1.41 bits per heavy atom. The summed E-state index contributed by atoms with van der Waals surface area (Å²) in [6, 6.07) is 6.05. The van der Waals surface area contributed by atoms with Crippen molar-refractivity contribution < 1.29 is 4.42 Å². The second kappa shape index (κ2) is 7.93. The van der Waals surface area contributed by atoms with Gasteiger partial charge < -0.3 is 15.5 Å². The van der Waals surface area contributed by atoms with Gasteiger partial charge in [0, 0.05) is 29.4 Å². The van der Waals surface area contributed by atoms with Gasteiger partial charge >= 0.3 is 0 Å². The van der Waals surface area contributed by atoms with Gasteiger partial charge in [-0.05, 0) is 31.2 Å². The third-order valence-electron chi connectivity index (χ3n) is 5.08. The molecule has 0 saturated heterocycles. The van der Waals surface area contributed by atoms with Crippen LogP contribution in [0.3, 0.4) is 0 Å². The quantitative estimate of drug-likeness (QED) is 0.448. The number of fused-ring (bicyclic) bond motifs is 1. The van der Waals surface area contributed by atoms with E-state index in [1.165, 1.54) is 11.3 Å². The molecule has 27 heavy (non-hydrogen) atoms. The molecule has 1 saturated carbocycles. The number of anilines is 1. The van der Waals surface area contributed by atoms with Crippen LogP contribution in [0, 0.1) is 11.8 Å². The fourth-order valence-corrected chi connectivity index (χ4v) is 4.61. The molecule has 6 heteroatoms. The van der Waals surface area contributed by atoms with E-state index in [1.807, 2.05) is 19.1 Å².